The highest BCUT2D eigenvalue weighted by atomic mass is 35.5. The number of rotatable bonds is 5. The lowest BCUT2D eigenvalue weighted by atomic mass is 9.92. The fourth-order valence-corrected chi connectivity index (χ4v) is 3.03. The second kappa shape index (κ2) is 7.27. The lowest BCUT2D eigenvalue weighted by Gasteiger charge is -2.31. The monoisotopic (exact) mass is 342 g/mol. The molecule has 2 rings (SSSR count). The number of carbonyl (C=O) groups is 2. The van der Waals surface area contributed by atoms with Gasteiger partial charge in [0.15, 0.2) is 0 Å². The fraction of sp³-hybridized carbons (Fsp3) is 0.500. The van der Waals surface area contributed by atoms with Crippen LogP contribution in [0.1, 0.15) is 38.8 Å². The molecule has 0 saturated carbocycles. The number of carbonyl (C=O) groups excluding carboxylic acids is 2. The first kappa shape index (κ1) is 17.7. The van der Waals surface area contributed by atoms with Crippen LogP contribution < -0.4 is 5.48 Å². The second-order valence-electron chi connectivity index (χ2n) is 5.72. The molecule has 23 heavy (non-hydrogen) atoms. The van der Waals surface area contributed by atoms with Crippen molar-refractivity contribution >= 4 is 23.4 Å². The Kier molecular flexibility index (Phi) is 5.59. The van der Waals surface area contributed by atoms with E-state index in [-0.39, 0.29) is 29.3 Å². The van der Waals surface area contributed by atoms with Gasteiger partial charge in [-0.3, -0.25) is 14.4 Å². The van der Waals surface area contributed by atoms with Crippen LogP contribution in [-0.2, 0) is 14.4 Å². The summed E-state index contributed by atoms with van der Waals surface area (Å²) >= 11 is 5.73. The van der Waals surface area contributed by atoms with Crippen LogP contribution >= 0.6 is 11.6 Å². The van der Waals surface area contributed by atoms with Crippen molar-refractivity contribution in [1.82, 2.24) is 10.4 Å². The first-order valence-electron chi connectivity index (χ1n) is 7.54. The third kappa shape index (κ3) is 3.64. The molecule has 1 saturated heterocycles. The van der Waals surface area contributed by atoms with Crippen molar-refractivity contribution in [2.24, 2.45) is 5.92 Å². The summed E-state index contributed by atoms with van der Waals surface area (Å²) in [6, 6.07) is 3.70. The van der Waals surface area contributed by atoms with Crippen molar-refractivity contribution in [2.45, 2.75) is 39.3 Å². The van der Waals surface area contributed by atoms with Gasteiger partial charge in [0.2, 0.25) is 11.8 Å². The van der Waals surface area contributed by atoms with E-state index in [2.05, 4.69) is 5.48 Å². The Labute approximate surface area is 139 Å². The molecule has 7 heteroatoms. The van der Waals surface area contributed by atoms with E-state index in [0.717, 1.165) is 0 Å². The zero-order valence-corrected chi connectivity index (χ0v) is 14.1. The lowest BCUT2D eigenvalue weighted by molar-refractivity contribution is -0.138. The molecule has 1 aliphatic heterocycles. The van der Waals surface area contributed by atoms with E-state index >= 15 is 0 Å². The average molecular weight is 343 g/mol. The SMILES string of the molecule is CCONC(=O)[C@H]1CC(=O)N(C(C)C)[C@@H]1c1ccc(Cl)c(F)c1. The van der Waals surface area contributed by atoms with Gasteiger partial charge in [-0.2, -0.15) is 0 Å². The van der Waals surface area contributed by atoms with Crippen LogP contribution in [-0.4, -0.2) is 29.4 Å². The number of nitrogens with one attached hydrogen (secondary N) is 1. The van der Waals surface area contributed by atoms with Crippen LogP contribution in [0.2, 0.25) is 5.02 Å². The number of amides is 2. The van der Waals surface area contributed by atoms with Crippen LogP contribution in [0.4, 0.5) is 4.39 Å². The Balaban J connectivity index is 2.39. The van der Waals surface area contributed by atoms with E-state index in [1.807, 2.05) is 13.8 Å². The largest absolute Gasteiger partial charge is 0.332 e. The minimum Gasteiger partial charge on any atom is -0.332 e. The number of hydrogen-bond donors (Lipinski definition) is 1. The molecule has 0 bridgehead atoms. The molecule has 1 aliphatic rings. The molecule has 0 spiro atoms. The van der Waals surface area contributed by atoms with Gasteiger partial charge in [0.1, 0.15) is 5.82 Å². The molecule has 1 aromatic rings. The van der Waals surface area contributed by atoms with Gasteiger partial charge < -0.3 is 4.90 Å². The molecule has 1 N–H and O–H groups in total. The zero-order chi connectivity index (χ0) is 17.1. The van der Waals surface area contributed by atoms with Gasteiger partial charge in [-0.25, -0.2) is 9.87 Å². The highest BCUT2D eigenvalue weighted by Gasteiger charge is 2.45. The number of likely N-dealkylation sites (tertiary alicyclic amines) is 1. The number of nitrogens with zero attached hydrogens (tertiary/aromatic N) is 1. The molecule has 1 fully saturated rings. The normalized spacial score (nSPS) is 21.1. The number of halogens is 2. The Morgan fingerprint density at radius 1 is 1.52 bits per heavy atom. The predicted molar refractivity (Wildman–Crippen MR) is 84.0 cm³/mol. The van der Waals surface area contributed by atoms with Gasteiger partial charge in [0.25, 0.3) is 0 Å². The third-order valence-electron chi connectivity index (χ3n) is 3.86. The van der Waals surface area contributed by atoms with Crippen LogP contribution in [0.15, 0.2) is 18.2 Å². The minimum absolute atomic E-state index is 0.00416. The molecule has 126 valence electrons. The van der Waals surface area contributed by atoms with Crippen molar-refractivity contribution in [2.75, 3.05) is 6.61 Å². The Morgan fingerprint density at radius 2 is 2.22 bits per heavy atom. The molecule has 0 unspecified atom stereocenters. The summed E-state index contributed by atoms with van der Waals surface area (Å²) in [5.74, 6) is -1.74. The maximum atomic E-state index is 13.8. The van der Waals surface area contributed by atoms with Crippen molar-refractivity contribution in [3.8, 4) is 0 Å². The summed E-state index contributed by atoms with van der Waals surface area (Å²) in [5.41, 5.74) is 2.89. The zero-order valence-electron chi connectivity index (χ0n) is 13.3. The van der Waals surface area contributed by atoms with Gasteiger partial charge in [0.05, 0.1) is 23.6 Å². The topological polar surface area (TPSA) is 58.6 Å². The average Bonchev–Trinajstić information content (AvgIpc) is 2.85. The standard InChI is InChI=1S/C16H20ClFN2O3/c1-4-23-19-16(22)11-8-14(21)20(9(2)3)15(11)10-5-6-12(17)13(18)7-10/h5-7,9,11,15H,4,8H2,1-3H3,(H,19,22)/t11-,15+/m0/s1. The van der Waals surface area contributed by atoms with E-state index in [0.29, 0.717) is 12.2 Å². The van der Waals surface area contributed by atoms with Crippen LogP contribution in [0.25, 0.3) is 0 Å². The summed E-state index contributed by atoms with van der Waals surface area (Å²) in [5, 5.41) is 0.00416. The van der Waals surface area contributed by atoms with Gasteiger partial charge >= 0.3 is 0 Å². The van der Waals surface area contributed by atoms with Crippen LogP contribution in [0.5, 0.6) is 0 Å². The van der Waals surface area contributed by atoms with E-state index in [1.54, 1.807) is 17.9 Å². The summed E-state index contributed by atoms with van der Waals surface area (Å²) < 4.78 is 13.8. The number of benzene rings is 1. The smallest absolute Gasteiger partial charge is 0.249 e. The summed E-state index contributed by atoms with van der Waals surface area (Å²) in [6.45, 7) is 5.78. The van der Waals surface area contributed by atoms with Crippen molar-refractivity contribution in [3.63, 3.8) is 0 Å². The molecule has 0 radical (unpaired) electrons. The summed E-state index contributed by atoms with van der Waals surface area (Å²) in [7, 11) is 0. The molecular formula is C16H20ClFN2O3. The van der Waals surface area contributed by atoms with Gasteiger partial charge in [-0.1, -0.05) is 17.7 Å². The first-order valence-corrected chi connectivity index (χ1v) is 7.92. The summed E-state index contributed by atoms with van der Waals surface area (Å²) in [6.07, 6.45) is 0.0615. The molecule has 2 amide bonds. The van der Waals surface area contributed by atoms with Gasteiger partial charge in [-0.15, -0.1) is 0 Å². The van der Waals surface area contributed by atoms with Gasteiger partial charge in [-0.05, 0) is 38.5 Å². The second-order valence-corrected chi connectivity index (χ2v) is 6.13. The van der Waals surface area contributed by atoms with Crippen LogP contribution in [0, 0.1) is 11.7 Å². The third-order valence-corrected chi connectivity index (χ3v) is 4.17. The molecular weight excluding hydrogens is 323 g/mol. The highest BCUT2D eigenvalue weighted by Crippen LogP contribution is 2.40. The maximum Gasteiger partial charge on any atom is 0.249 e. The predicted octanol–water partition coefficient (Wildman–Crippen LogP) is 2.84. The van der Waals surface area contributed by atoms with E-state index in [4.69, 9.17) is 16.4 Å². The van der Waals surface area contributed by atoms with Crippen LogP contribution in [0.3, 0.4) is 0 Å². The lowest BCUT2D eigenvalue weighted by Crippen LogP contribution is -2.38. The molecule has 2 atom stereocenters. The molecule has 1 heterocycles. The minimum atomic E-state index is -0.642. The number of hydroxylamine groups is 1. The fourth-order valence-electron chi connectivity index (χ4n) is 2.91. The summed E-state index contributed by atoms with van der Waals surface area (Å²) in [4.78, 5) is 31.2. The Morgan fingerprint density at radius 3 is 2.78 bits per heavy atom. The Hall–Kier alpha value is -1.66. The molecule has 1 aromatic carbocycles. The van der Waals surface area contributed by atoms with Crippen molar-refractivity contribution in [3.05, 3.63) is 34.6 Å². The van der Waals surface area contributed by atoms with Crippen molar-refractivity contribution < 1.29 is 18.8 Å². The number of hydrogen-bond acceptors (Lipinski definition) is 3. The molecule has 5 nitrogen and oxygen atoms in total. The van der Waals surface area contributed by atoms with E-state index < -0.39 is 17.8 Å². The highest BCUT2D eigenvalue weighted by molar-refractivity contribution is 6.30. The quantitative estimate of drug-likeness (QED) is 0.837. The van der Waals surface area contributed by atoms with Crippen molar-refractivity contribution in [1.29, 1.82) is 0 Å². The maximum absolute atomic E-state index is 13.8. The van der Waals surface area contributed by atoms with E-state index in [1.165, 1.54) is 12.1 Å². The Bertz CT molecular complexity index is 609. The molecule has 0 aliphatic carbocycles. The van der Waals surface area contributed by atoms with Gasteiger partial charge in [0, 0.05) is 12.5 Å². The van der Waals surface area contributed by atoms with E-state index in [9.17, 15) is 14.0 Å². The molecule has 0 aromatic heterocycles. The first-order chi connectivity index (χ1) is 10.9.